The zero-order valence-corrected chi connectivity index (χ0v) is 15.7. The van der Waals surface area contributed by atoms with Crippen molar-refractivity contribution in [1.29, 1.82) is 0 Å². The summed E-state index contributed by atoms with van der Waals surface area (Å²) in [5.41, 5.74) is 9.02. The second kappa shape index (κ2) is 9.34. The van der Waals surface area contributed by atoms with E-state index < -0.39 is 0 Å². The molecule has 5 nitrogen and oxygen atoms in total. The van der Waals surface area contributed by atoms with Crippen LogP contribution in [0.3, 0.4) is 0 Å². The third kappa shape index (κ3) is 4.82. The van der Waals surface area contributed by atoms with E-state index in [1.54, 1.807) is 7.11 Å². The smallest absolute Gasteiger partial charge is 0.142 e. The Morgan fingerprint density at radius 3 is 2.46 bits per heavy atom. The van der Waals surface area contributed by atoms with Crippen LogP contribution in [0.25, 0.3) is 0 Å². The van der Waals surface area contributed by atoms with E-state index in [-0.39, 0.29) is 0 Å². The lowest BCUT2D eigenvalue weighted by molar-refractivity contribution is 0.253. The first-order valence-corrected chi connectivity index (χ1v) is 9.46. The minimum atomic E-state index is 0.819. The fraction of sp³-hybridized carbons (Fsp3) is 0.429. The number of hydrogen-bond acceptors (Lipinski definition) is 5. The average molecular weight is 354 g/mol. The molecule has 0 bridgehead atoms. The number of para-hydroxylation sites is 4. The van der Waals surface area contributed by atoms with Gasteiger partial charge in [-0.1, -0.05) is 24.3 Å². The number of nitrogen functional groups attached to an aromatic ring is 1. The number of methoxy groups -OCH3 is 1. The van der Waals surface area contributed by atoms with Gasteiger partial charge in [-0.2, -0.15) is 0 Å². The Labute approximate surface area is 156 Å². The molecule has 3 rings (SSSR count). The third-order valence-corrected chi connectivity index (χ3v) is 4.98. The van der Waals surface area contributed by atoms with Crippen LogP contribution in [0.4, 0.5) is 17.1 Å². The highest BCUT2D eigenvalue weighted by Gasteiger charge is 2.18. The van der Waals surface area contributed by atoms with Gasteiger partial charge in [0.05, 0.1) is 24.2 Å². The number of nitrogens with two attached hydrogens (primary N) is 1. The molecule has 0 spiro atoms. The quantitative estimate of drug-likeness (QED) is 0.563. The number of unbranched alkanes of at least 4 members (excludes halogenated alkanes) is 1. The first-order chi connectivity index (χ1) is 12.8. The van der Waals surface area contributed by atoms with Crippen molar-refractivity contribution in [3.05, 3.63) is 48.5 Å². The van der Waals surface area contributed by atoms with Crippen LogP contribution in [0.2, 0.25) is 0 Å². The molecule has 2 aromatic rings. The van der Waals surface area contributed by atoms with E-state index in [9.17, 15) is 0 Å². The van der Waals surface area contributed by atoms with E-state index in [2.05, 4.69) is 27.2 Å². The van der Waals surface area contributed by atoms with Crippen molar-refractivity contribution in [2.75, 3.05) is 62.3 Å². The van der Waals surface area contributed by atoms with E-state index >= 15 is 0 Å². The molecule has 5 heteroatoms. The number of nitrogens with zero attached hydrogens (tertiary/aromatic N) is 2. The van der Waals surface area contributed by atoms with Crippen molar-refractivity contribution in [3.8, 4) is 5.75 Å². The lowest BCUT2D eigenvalue weighted by Crippen LogP contribution is -2.46. The summed E-state index contributed by atoms with van der Waals surface area (Å²) < 4.78 is 5.49. The van der Waals surface area contributed by atoms with Crippen LogP contribution in [-0.2, 0) is 0 Å². The molecule has 0 unspecified atom stereocenters. The van der Waals surface area contributed by atoms with Crippen LogP contribution < -0.4 is 20.7 Å². The highest BCUT2D eigenvalue weighted by Crippen LogP contribution is 2.28. The van der Waals surface area contributed by atoms with E-state index in [4.69, 9.17) is 10.5 Å². The molecule has 0 atom stereocenters. The van der Waals surface area contributed by atoms with Crippen LogP contribution in [0.15, 0.2) is 48.5 Å². The molecule has 1 aliphatic heterocycles. The van der Waals surface area contributed by atoms with Crippen molar-refractivity contribution in [2.45, 2.75) is 12.8 Å². The minimum Gasteiger partial charge on any atom is -0.495 e. The molecule has 0 saturated carbocycles. The van der Waals surface area contributed by atoms with Gasteiger partial charge >= 0.3 is 0 Å². The predicted molar refractivity (Wildman–Crippen MR) is 110 cm³/mol. The van der Waals surface area contributed by atoms with Gasteiger partial charge in [-0.25, -0.2) is 0 Å². The van der Waals surface area contributed by atoms with E-state index in [1.165, 1.54) is 12.1 Å². The SMILES string of the molecule is COc1ccccc1N1CCN(CCCCNc2ccccc2N)CC1. The Hall–Kier alpha value is -2.40. The van der Waals surface area contributed by atoms with Crippen molar-refractivity contribution in [3.63, 3.8) is 0 Å². The average Bonchev–Trinajstić information content (AvgIpc) is 2.69. The van der Waals surface area contributed by atoms with Crippen molar-refractivity contribution >= 4 is 17.1 Å². The Morgan fingerprint density at radius 2 is 1.69 bits per heavy atom. The summed E-state index contributed by atoms with van der Waals surface area (Å²) >= 11 is 0. The van der Waals surface area contributed by atoms with Gasteiger partial charge in [0.15, 0.2) is 0 Å². The molecule has 0 aliphatic carbocycles. The molecule has 2 aromatic carbocycles. The number of hydrogen-bond donors (Lipinski definition) is 2. The third-order valence-electron chi connectivity index (χ3n) is 4.98. The van der Waals surface area contributed by atoms with Crippen molar-refractivity contribution in [1.82, 2.24) is 4.90 Å². The van der Waals surface area contributed by atoms with E-state index in [0.717, 1.165) is 62.8 Å². The van der Waals surface area contributed by atoms with E-state index in [1.807, 2.05) is 36.4 Å². The van der Waals surface area contributed by atoms with Gasteiger partial charge in [0.1, 0.15) is 5.75 Å². The molecule has 1 fully saturated rings. The Balaban J connectivity index is 1.35. The van der Waals surface area contributed by atoms with Crippen LogP contribution in [0.5, 0.6) is 5.75 Å². The largest absolute Gasteiger partial charge is 0.495 e. The molecule has 1 saturated heterocycles. The van der Waals surface area contributed by atoms with Crippen molar-refractivity contribution < 1.29 is 4.74 Å². The molecule has 0 aromatic heterocycles. The summed E-state index contributed by atoms with van der Waals surface area (Å²) in [6.07, 6.45) is 2.36. The number of rotatable bonds is 8. The van der Waals surface area contributed by atoms with Crippen LogP contribution in [0, 0.1) is 0 Å². The molecular formula is C21H30N4O. The van der Waals surface area contributed by atoms with Crippen LogP contribution in [-0.4, -0.2) is 51.3 Å². The Kier molecular flexibility index (Phi) is 6.61. The van der Waals surface area contributed by atoms with Gasteiger partial charge in [0.2, 0.25) is 0 Å². The first-order valence-electron chi connectivity index (χ1n) is 9.46. The highest BCUT2D eigenvalue weighted by molar-refractivity contribution is 5.65. The topological polar surface area (TPSA) is 53.8 Å². The predicted octanol–water partition coefficient (Wildman–Crippen LogP) is 3.29. The molecule has 1 heterocycles. The van der Waals surface area contributed by atoms with Gasteiger partial charge in [0.25, 0.3) is 0 Å². The summed E-state index contributed by atoms with van der Waals surface area (Å²) in [4.78, 5) is 4.98. The molecule has 140 valence electrons. The van der Waals surface area contributed by atoms with Gasteiger partial charge in [-0.05, 0) is 43.7 Å². The zero-order valence-electron chi connectivity index (χ0n) is 15.7. The summed E-state index contributed by atoms with van der Waals surface area (Å²) in [5.74, 6) is 0.965. The van der Waals surface area contributed by atoms with Gasteiger partial charge < -0.3 is 20.7 Å². The van der Waals surface area contributed by atoms with Crippen LogP contribution in [0.1, 0.15) is 12.8 Å². The van der Waals surface area contributed by atoms with Crippen molar-refractivity contribution in [2.24, 2.45) is 0 Å². The highest BCUT2D eigenvalue weighted by atomic mass is 16.5. The summed E-state index contributed by atoms with van der Waals surface area (Å²) in [5, 5.41) is 3.43. The molecule has 0 amide bonds. The molecule has 0 radical (unpaired) electrons. The number of ether oxygens (including phenoxy) is 1. The Morgan fingerprint density at radius 1 is 0.962 bits per heavy atom. The maximum atomic E-state index is 5.95. The van der Waals surface area contributed by atoms with Gasteiger partial charge in [-0.15, -0.1) is 0 Å². The number of anilines is 3. The fourth-order valence-corrected chi connectivity index (χ4v) is 3.44. The summed E-state index contributed by atoms with van der Waals surface area (Å²) in [6.45, 7) is 6.45. The second-order valence-electron chi connectivity index (χ2n) is 6.72. The summed E-state index contributed by atoms with van der Waals surface area (Å²) in [7, 11) is 1.74. The van der Waals surface area contributed by atoms with Gasteiger partial charge in [0, 0.05) is 32.7 Å². The maximum Gasteiger partial charge on any atom is 0.142 e. The first kappa shape index (κ1) is 18.4. The number of nitrogens with one attached hydrogen (secondary N) is 1. The Bertz CT molecular complexity index is 683. The number of piperazine rings is 1. The normalized spacial score (nSPS) is 15.0. The van der Waals surface area contributed by atoms with E-state index in [0.29, 0.717) is 0 Å². The second-order valence-corrected chi connectivity index (χ2v) is 6.72. The molecule has 1 aliphatic rings. The summed E-state index contributed by atoms with van der Waals surface area (Å²) in [6, 6.07) is 16.2. The van der Waals surface area contributed by atoms with Gasteiger partial charge in [-0.3, -0.25) is 4.90 Å². The molecule has 3 N–H and O–H groups in total. The maximum absolute atomic E-state index is 5.95. The molecule has 26 heavy (non-hydrogen) atoms. The standard InChI is InChI=1S/C21H30N4O/c1-26-21-11-5-4-10-20(21)25-16-14-24(15-17-25)13-7-6-12-23-19-9-3-2-8-18(19)22/h2-5,8-11,23H,6-7,12-17,22H2,1H3. The lowest BCUT2D eigenvalue weighted by Gasteiger charge is -2.36. The number of benzene rings is 2. The lowest BCUT2D eigenvalue weighted by atomic mass is 10.2. The fourth-order valence-electron chi connectivity index (χ4n) is 3.44. The van der Waals surface area contributed by atoms with Crippen LogP contribution >= 0.6 is 0 Å². The zero-order chi connectivity index (χ0) is 18.2. The molecular weight excluding hydrogens is 324 g/mol. The minimum absolute atomic E-state index is 0.819. The monoisotopic (exact) mass is 354 g/mol.